The number of nitrogens with zero attached hydrogens (tertiary/aromatic N) is 2. The molecule has 1 aliphatic carbocycles. The van der Waals surface area contributed by atoms with Crippen molar-refractivity contribution >= 4 is 16.2 Å². The van der Waals surface area contributed by atoms with Crippen molar-refractivity contribution in [3.05, 3.63) is 24.0 Å². The van der Waals surface area contributed by atoms with Gasteiger partial charge in [0.15, 0.2) is 23.0 Å². The average Bonchev–Trinajstić information content (AvgIpc) is 3.06. The molecule has 20 heavy (non-hydrogen) atoms. The second-order valence-corrected chi connectivity index (χ2v) is 6.24. The van der Waals surface area contributed by atoms with Crippen LogP contribution in [0.15, 0.2) is 18.5 Å². The van der Waals surface area contributed by atoms with Gasteiger partial charge in [0.25, 0.3) is 5.91 Å². The van der Waals surface area contributed by atoms with Gasteiger partial charge in [-0.25, -0.2) is 13.1 Å². The van der Waals surface area contributed by atoms with Crippen LogP contribution in [-0.4, -0.2) is 36.1 Å². The fourth-order valence-corrected chi connectivity index (χ4v) is 1.94. The Morgan fingerprint density at radius 3 is 2.75 bits per heavy atom. The molecule has 0 unspecified atom stereocenters. The fourth-order valence-electron chi connectivity index (χ4n) is 1.59. The summed E-state index contributed by atoms with van der Waals surface area (Å²) in [6, 6.07) is 1.60. The number of carbonyl (C=O) groups is 1. The molecule has 0 aliphatic heterocycles. The summed E-state index contributed by atoms with van der Waals surface area (Å²) in [5, 5.41) is 6.90. The van der Waals surface area contributed by atoms with Crippen LogP contribution in [0.4, 0.5) is 0 Å². The molecule has 1 heterocycles. The lowest BCUT2D eigenvalue weighted by molar-refractivity contribution is -0.752. The SMILES string of the molecule is CC1(NC(=O)c2cc[n+](CCNS(=O)(=O)[O-])nc2)CC1. The van der Waals surface area contributed by atoms with Crippen LogP contribution >= 0.6 is 0 Å². The predicted molar refractivity (Wildman–Crippen MR) is 67.2 cm³/mol. The van der Waals surface area contributed by atoms with E-state index in [4.69, 9.17) is 0 Å². The molecule has 0 saturated heterocycles. The maximum absolute atomic E-state index is 11.9. The zero-order valence-electron chi connectivity index (χ0n) is 11.0. The van der Waals surface area contributed by atoms with Gasteiger partial charge in [-0.05, 0) is 24.9 Å². The van der Waals surface area contributed by atoms with E-state index in [2.05, 4.69) is 10.4 Å². The molecule has 1 amide bonds. The molecule has 0 radical (unpaired) electrons. The molecule has 0 atom stereocenters. The summed E-state index contributed by atoms with van der Waals surface area (Å²) in [6.45, 7) is 2.14. The third-order valence-corrected chi connectivity index (χ3v) is 3.63. The van der Waals surface area contributed by atoms with Gasteiger partial charge in [0.1, 0.15) is 6.20 Å². The van der Waals surface area contributed by atoms with Gasteiger partial charge in [-0.15, -0.1) is 0 Å². The molecule has 0 aromatic carbocycles. The molecular weight excluding hydrogens is 284 g/mol. The Bertz CT molecular complexity index is 595. The van der Waals surface area contributed by atoms with Crippen molar-refractivity contribution in [2.24, 2.45) is 0 Å². The first-order valence-electron chi connectivity index (χ1n) is 6.16. The van der Waals surface area contributed by atoms with Crippen molar-refractivity contribution in [2.75, 3.05) is 6.54 Å². The van der Waals surface area contributed by atoms with Crippen molar-refractivity contribution in [1.29, 1.82) is 0 Å². The van der Waals surface area contributed by atoms with Crippen LogP contribution in [-0.2, 0) is 16.8 Å². The maximum atomic E-state index is 11.9. The summed E-state index contributed by atoms with van der Waals surface area (Å²) in [6.07, 6.45) is 4.93. The molecule has 0 bridgehead atoms. The monoisotopic (exact) mass is 300 g/mol. The summed E-state index contributed by atoms with van der Waals surface area (Å²) < 4.78 is 34.3. The van der Waals surface area contributed by atoms with Crippen LogP contribution in [0.2, 0.25) is 0 Å². The number of hydrogen-bond acceptors (Lipinski definition) is 5. The number of rotatable bonds is 6. The molecule has 8 nitrogen and oxygen atoms in total. The summed E-state index contributed by atoms with van der Waals surface area (Å²) in [4.78, 5) is 11.9. The molecule has 1 aromatic rings. The van der Waals surface area contributed by atoms with E-state index in [1.54, 1.807) is 12.3 Å². The first kappa shape index (κ1) is 14.8. The molecule has 110 valence electrons. The minimum Gasteiger partial charge on any atom is -0.735 e. The van der Waals surface area contributed by atoms with Gasteiger partial charge in [0.05, 0.1) is 12.1 Å². The van der Waals surface area contributed by atoms with E-state index < -0.39 is 10.3 Å². The van der Waals surface area contributed by atoms with Gasteiger partial charge < -0.3 is 9.87 Å². The topological polar surface area (TPSA) is 115 Å². The zero-order valence-corrected chi connectivity index (χ0v) is 11.8. The summed E-state index contributed by atoms with van der Waals surface area (Å²) in [5.41, 5.74) is 0.355. The number of nitrogens with one attached hydrogen (secondary N) is 2. The number of aromatic nitrogens is 2. The van der Waals surface area contributed by atoms with E-state index in [1.165, 1.54) is 10.9 Å². The third kappa shape index (κ3) is 4.51. The lowest BCUT2D eigenvalue weighted by Gasteiger charge is -2.10. The quantitative estimate of drug-likeness (QED) is 0.500. The highest BCUT2D eigenvalue weighted by Crippen LogP contribution is 2.34. The van der Waals surface area contributed by atoms with E-state index >= 15 is 0 Å². The van der Waals surface area contributed by atoms with Crippen LogP contribution < -0.4 is 14.7 Å². The van der Waals surface area contributed by atoms with Crippen molar-refractivity contribution in [1.82, 2.24) is 15.1 Å². The molecule has 1 aromatic heterocycles. The van der Waals surface area contributed by atoms with Gasteiger partial charge >= 0.3 is 0 Å². The Morgan fingerprint density at radius 1 is 1.55 bits per heavy atom. The Balaban J connectivity index is 1.87. The van der Waals surface area contributed by atoms with Gasteiger partial charge in [-0.3, -0.25) is 4.79 Å². The lowest BCUT2D eigenvalue weighted by atomic mass is 10.2. The Kier molecular flexibility index (Phi) is 4.02. The lowest BCUT2D eigenvalue weighted by Crippen LogP contribution is -2.43. The van der Waals surface area contributed by atoms with Gasteiger partial charge in [-0.1, -0.05) is 4.68 Å². The van der Waals surface area contributed by atoms with Crippen LogP contribution in [0, 0.1) is 0 Å². The van der Waals surface area contributed by atoms with Crippen molar-refractivity contribution in [3.63, 3.8) is 0 Å². The third-order valence-electron chi connectivity index (χ3n) is 3.07. The molecule has 2 rings (SSSR count). The van der Waals surface area contributed by atoms with Gasteiger partial charge in [0.2, 0.25) is 0 Å². The molecular formula is C11H16N4O4S. The highest BCUT2D eigenvalue weighted by atomic mass is 32.2. The normalized spacial score (nSPS) is 16.7. The Labute approximate surface area is 117 Å². The number of hydrogen-bond donors (Lipinski definition) is 2. The second kappa shape index (κ2) is 5.43. The smallest absolute Gasteiger partial charge is 0.253 e. The van der Waals surface area contributed by atoms with Gasteiger partial charge in [-0.2, -0.15) is 0 Å². The zero-order chi connectivity index (χ0) is 14.8. The highest BCUT2D eigenvalue weighted by molar-refractivity contribution is 7.83. The number of carbonyl (C=O) groups excluding carboxylic acids is 1. The van der Waals surface area contributed by atoms with Crippen LogP contribution in [0.3, 0.4) is 0 Å². The van der Waals surface area contributed by atoms with Crippen LogP contribution in [0.25, 0.3) is 0 Å². The largest absolute Gasteiger partial charge is 0.735 e. The van der Waals surface area contributed by atoms with E-state index in [-0.39, 0.29) is 24.5 Å². The molecule has 9 heteroatoms. The molecule has 2 N–H and O–H groups in total. The maximum Gasteiger partial charge on any atom is 0.253 e. The Morgan fingerprint density at radius 2 is 2.25 bits per heavy atom. The van der Waals surface area contributed by atoms with E-state index in [9.17, 15) is 17.8 Å². The minimum atomic E-state index is -4.43. The van der Waals surface area contributed by atoms with E-state index in [0.29, 0.717) is 5.56 Å². The van der Waals surface area contributed by atoms with Crippen LogP contribution in [0.5, 0.6) is 0 Å². The van der Waals surface area contributed by atoms with Crippen molar-refractivity contribution in [3.8, 4) is 0 Å². The standard InChI is InChI=1S/C11H16N4O4S/c1-11(3-4-11)14-10(16)9-2-6-15(12-8-9)7-5-13-20(17,18)19/h2,6,8,13H,3-5,7H2,1H3,(H-,14,16,17,18,19). The van der Waals surface area contributed by atoms with Gasteiger partial charge in [0, 0.05) is 11.6 Å². The molecule has 0 spiro atoms. The second-order valence-electron chi connectivity index (χ2n) is 5.04. The number of amides is 1. The van der Waals surface area contributed by atoms with Crippen LogP contribution in [0.1, 0.15) is 30.1 Å². The highest BCUT2D eigenvalue weighted by Gasteiger charge is 2.38. The van der Waals surface area contributed by atoms with Crippen molar-refractivity contribution < 1.29 is 22.4 Å². The van der Waals surface area contributed by atoms with E-state index in [1.807, 2.05) is 11.6 Å². The summed E-state index contributed by atoms with van der Waals surface area (Å²) in [7, 11) is -4.43. The molecule has 1 saturated carbocycles. The fraction of sp³-hybridized carbons (Fsp3) is 0.545. The predicted octanol–water partition coefficient (Wildman–Crippen LogP) is -1.30. The average molecular weight is 300 g/mol. The first-order valence-corrected chi connectivity index (χ1v) is 7.57. The van der Waals surface area contributed by atoms with E-state index in [0.717, 1.165) is 12.8 Å². The minimum absolute atomic E-state index is 0.0485. The summed E-state index contributed by atoms with van der Waals surface area (Å²) in [5.74, 6) is -0.176. The molecule has 1 fully saturated rings. The van der Waals surface area contributed by atoms with Crippen molar-refractivity contribution in [2.45, 2.75) is 31.8 Å². The summed E-state index contributed by atoms with van der Waals surface area (Å²) >= 11 is 0. The first-order chi connectivity index (χ1) is 9.27. The Hall–Kier alpha value is -1.58. The molecule has 1 aliphatic rings.